The Morgan fingerprint density at radius 3 is 2.72 bits per heavy atom. The average molecular weight is 400 g/mol. The number of fused-ring (bicyclic) bond motifs is 1. The van der Waals surface area contributed by atoms with Gasteiger partial charge in [-0.3, -0.25) is 14.5 Å². The van der Waals surface area contributed by atoms with Crippen LogP contribution in [0, 0.1) is 5.92 Å². The van der Waals surface area contributed by atoms with E-state index >= 15 is 0 Å². The molecule has 1 aliphatic heterocycles. The first-order chi connectivity index (χ1) is 13.8. The maximum Gasteiger partial charge on any atom is 0.336 e. The van der Waals surface area contributed by atoms with Crippen molar-refractivity contribution >= 4 is 28.9 Å². The molecule has 9 heteroatoms. The Bertz CT molecular complexity index is 1070. The summed E-state index contributed by atoms with van der Waals surface area (Å²) in [6.45, 7) is 0.997. The zero-order valence-corrected chi connectivity index (χ0v) is 16.0. The van der Waals surface area contributed by atoms with E-state index in [0.29, 0.717) is 22.3 Å². The van der Waals surface area contributed by atoms with E-state index in [1.54, 1.807) is 25.1 Å². The Hall–Kier alpha value is -3.36. The van der Waals surface area contributed by atoms with E-state index in [9.17, 15) is 19.2 Å². The molecule has 0 radical (unpaired) electrons. The first-order valence-corrected chi connectivity index (χ1v) is 9.22. The van der Waals surface area contributed by atoms with Crippen molar-refractivity contribution < 1.29 is 28.3 Å². The summed E-state index contributed by atoms with van der Waals surface area (Å²) in [5.74, 6) is -0.540. The molecule has 2 fully saturated rings. The zero-order chi connectivity index (χ0) is 20.8. The fourth-order valence-corrected chi connectivity index (χ4v) is 3.59. The molecule has 29 heavy (non-hydrogen) atoms. The van der Waals surface area contributed by atoms with Crippen molar-refractivity contribution in [1.82, 2.24) is 10.2 Å². The van der Waals surface area contributed by atoms with Crippen molar-refractivity contribution in [3.63, 3.8) is 0 Å². The van der Waals surface area contributed by atoms with Crippen molar-refractivity contribution in [2.75, 3.05) is 13.7 Å². The molecule has 1 atom stereocenters. The number of nitrogens with zero attached hydrogens (tertiary/aromatic N) is 1. The molecule has 4 rings (SSSR count). The van der Waals surface area contributed by atoms with Crippen molar-refractivity contribution in [2.24, 2.45) is 5.92 Å². The molecule has 2 aromatic rings. The number of methoxy groups -OCH3 is 1. The average Bonchev–Trinajstić information content (AvgIpc) is 3.51. The van der Waals surface area contributed by atoms with E-state index in [-0.39, 0.29) is 12.5 Å². The molecular weight excluding hydrogens is 380 g/mol. The molecular formula is C20H20N2O7. The number of hydrogen-bond acceptors (Lipinski definition) is 7. The van der Waals surface area contributed by atoms with Gasteiger partial charge in [0.25, 0.3) is 5.91 Å². The number of amides is 3. The molecule has 2 heterocycles. The van der Waals surface area contributed by atoms with Gasteiger partial charge in [-0.15, -0.1) is 0 Å². The summed E-state index contributed by atoms with van der Waals surface area (Å²) in [7, 11) is 1.49. The van der Waals surface area contributed by atoms with Crippen LogP contribution < -0.4 is 15.7 Å². The highest BCUT2D eigenvalue weighted by Crippen LogP contribution is 2.42. The van der Waals surface area contributed by atoms with Crippen LogP contribution >= 0.6 is 0 Å². The second-order valence-corrected chi connectivity index (χ2v) is 7.41. The Labute approximate surface area is 165 Å². The van der Waals surface area contributed by atoms with Gasteiger partial charge in [0.2, 0.25) is 0 Å². The van der Waals surface area contributed by atoms with Crippen LogP contribution in [0.15, 0.2) is 33.5 Å². The molecule has 2 aliphatic rings. The molecule has 3 amide bonds. The van der Waals surface area contributed by atoms with Crippen LogP contribution in [0.1, 0.15) is 25.3 Å². The molecule has 1 saturated carbocycles. The predicted octanol–water partition coefficient (Wildman–Crippen LogP) is 1.57. The minimum atomic E-state index is -0.953. The first kappa shape index (κ1) is 19.0. The largest absolute Gasteiger partial charge is 0.497 e. The summed E-state index contributed by atoms with van der Waals surface area (Å²) in [4.78, 5) is 49.7. The van der Waals surface area contributed by atoms with Gasteiger partial charge in [-0.05, 0) is 37.8 Å². The molecule has 1 aromatic heterocycles. The van der Waals surface area contributed by atoms with Crippen LogP contribution in [-0.4, -0.2) is 42.0 Å². The first-order valence-electron chi connectivity index (χ1n) is 9.22. The normalized spacial score (nSPS) is 21.4. The topological polar surface area (TPSA) is 115 Å². The van der Waals surface area contributed by atoms with E-state index in [1.165, 1.54) is 13.2 Å². The smallest absolute Gasteiger partial charge is 0.336 e. The van der Waals surface area contributed by atoms with E-state index in [2.05, 4.69) is 5.32 Å². The second-order valence-electron chi connectivity index (χ2n) is 7.41. The van der Waals surface area contributed by atoms with Crippen molar-refractivity contribution in [1.29, 1.82) is 0 Å². The number of rotatable bonds is 6. The Kier molecular flexibility index (Phi) is 4.52. The quantitative estimate of drug-likeness (QED) is 0.444. The number of hydrogen-bond donors (Lipinski definition) is 1. The van der Waals surface area contributed by atoms with Gasteiger partial charge < -0.3 is 19.2 Å². The number of esters is 1. The third-order valence-corrected chi connectivity index (χ3v) is 5.41. The minimum absolute atomic E-state index is 0.104. The monoisotopic (exact) mass is 400 g/mol. The lowest BCUT2D eigenvalue weighted by Gasteiger charge is -2.20. The number of benzene rings is 1. The van der Waals surface area contributed by atoms with Gasteiger partial charge in [-0.1, -0.05) is 0 Å². The van der Waals surface area contributed by atoms with Gasteiger partial charge in [-0.2, -0.15) is 0 Å². The maximum atomic E-state index is 12.6. The molecule has 1 N–H and O–H groups in total. The SMILES string of the molecule is COc1ccc2c(COC(=O)CN3C(=O)N[C@@](C)(C4CC4)C3=O)cc(=O)oc2c1. The third-order valence-electron chi connectivity index (χ3n) is 5.41. The van der Waals surface area contributed by atoms with Gasteiger partial charge in [0.15, 0.2) is 0 Å². The van der Waals surface area contributed by atoms with Crippen LogP contribution in [0.4, 0.5) is 4.79 Å². The highest BCUT2D eigenvalue weighted by Gasteiger charge is 2.56. The molecule has 1 aromatic carbocycles. The van der Waals surface area contributed by atoms with E-state index in [4.69, 9.17) is 13.9 Å². The Morgan fingerprint density at radius 2 is 2.03 bits per heavy atom. The van der Waals surface area contributed by atoms with E-state index in [1.807, 2.05) is 0 Å². The number of urea groups is 1. The van der Waals surface area contributed by atoms with E-state index < -0.39 is 35.6 Å². The second kappa shape index (κ2) is 6.91. The highest BCUT2D eigenvalue weighted by atomic mass is 16.5. The number of ether oxygens (including phenoxy) is 2. The molecule has 152 valence electrons. The van der Waals surface area contributed by atoms with Crippen LogP contribution in [0.3, 0.4) is 0 Å². The van der Waals surface area contributed by atoms with Crippen LogP contribution in [0.5, 0.6) is 5.75 Å². The number of carbonyl (C=O) groups is 3. The van der Waals surface area contributed by atoms with E-state index in [0.717, 1.165) is 17.7 Å². The summed E-state index contributed by atoms with van der Waals surface area (Å²) in [6, 6.07) is 5.59. The van der Waals surface area contributed by atoms with Gasteiger partial charge in [0.1, 0.15) is 30.0 Å². The molecule has 1 aliphatic carbocycles. The standard InChI is InChI=1S/C20H20N2O7/c1-20(12-3-4-12)18(25)22(19(26)21-20)9-17(24)28-10-11-7-16(23)29-15-8-13(27-2)5-6-14(11)15/h5-8,12H,3-4,9-10H2,1-2H3,(H,21,26)/t20-/m0/s1. The predicted molar refractivity (Wildman–Crippen MR) is 100 cm³/mol. The number of imide groups is 1. The summed E-state index contributed by atoms with van der Waals surface area (Å²) in [5, 5.41) is 3.27. The Morgan fingerprint density at radius 1 is 1.28 bits per heavy atom. The number of nitrogens with one attached hydrogen (secondary N) is 1. The molecule has 1 saturated heterocycles. The molecule has 0 spiro atoms. The highest BCUT2D eigenvalue weighted by molar-refractivity contribution is 6.08. The molecule has 0 unspecified atom stereocenters. The van der Waals surface area contributed by atoms with Crippen LogP contribution in [0.25, 0.3) is 11.0 Å². The van der Waals surface area contributed by atoms with Gasteiger partial charge in [0, 0.05) is 23.1 Å². The summed E-state index contributed by atoms with van der Waals surface area (Å²) in [5.41, 5.74) is -0.791. The molecule has 0 bridgehead atoms. The lowest BCUT2D eigenvalue weighted by Crippen LogP contribution is -2.46. The van der Waals surface area contributed by atoms with Crippen molar-refractivity contribution in [3.8, 4) is 5.75 Å². The lowest BCUT2D eigenvalue weighted by atomic mass is 9.96. The number of carbonyl (C=O) groups excluding carboxylic acids is 3. The van der Waals surface area contributed by atoms with Crippen molar-refractivity contribution in [3.05, 3.63) is 40.2 Å². The summed E-state index contributed by atoms with van der Waals surface area (Å²) < 4.78 is 15.5. The van der Waals surface area contributed by atoms with Crippen molar-refractivity contribution in [2.45, 2.75) is 31.9 Å². The van der Waals surface area contributed by atoms with Crippen LogP contribution in [-0.2, 0) is 20.9 Å². The van der Waals surface area contributed by atoms with Gasteiger partial charge >= 0.3 is 17.6 Å². The van der Waals surface area contributed by atoms with Crippen LogP contribution in [0.2, 0.25) is 0 Å². The lowest BCUT2D eigenvalue weighted by molar-refractivity contribution is -0.148. The maximum absolute atomic E-state index is 12.6. The fraction of sp³-hybridized carbons (Fsp3) is 0.400. The van der Waals surface area contributed by atoms with Gasteiger partial charge in [-0.25, -0.2) is 9.59 Å². The third kappa shape index (κ3) is 3.43. The zero-order valence-electron chi connectivity index (χ0n) is 16.0. The summed E-state index contributed by atoms with van der Waals surface area (Å²) >= 11 is 0. The minimum Gasteiger partial charge on any atom is -0.497 e. The Balaban J connectivity index is 1.46. The summed E-state index contributed by atoms with van der Waals surface area (Å²) in [6.07, 6.45) is 1.74. The fourth-order valence-electron chi connectivity index (χ4n) is 3.59. The molecule has 9 nitrogen and oxygen atoms in total. The van der Waals surface area contributed by atoms with Gasteiger partial charge in [0.05, 0.1) is 7.11 Å².